The molecule has 0 saturated carbocycles. The van der Waals surface area contributed by atoms with E-state index in [2.05, 4.69) is 10.4 Å². The largest absolute Gasteiger partial charge is 0.366 e. The lowest BCUT2D eigenvalue weighted by Crippen LogP contribution is -2.21. The average Bonchev–Trinajstić information content (AvgIpc) is 2.67. The van der Waals surface area contributed by atoms with Gasteiger partial charge in [-0.1, -0.05) is 35.3 Å². The van der Waals surface area contributed by atoms with Gasteiger partial charge in [0, 0.05) is 5.56 Å². The molecule has 0 aliphatic carbocycles. The zero-order chi connectivity index (χ0) is 19.6. The van der Waals surface area contributed by atoms with Gasteiger partial charge in [0.05, 0.1) is 28.2 Å². The number of nitrogens with one attached hydrogen (secondary N) is 1. The van der Waals surface area contributed by atoms with Crippen LogP contribution in [-0.2, 0) is 0 Å². The summed E-state index contributed by atoms with van der Waals surface area (Å²) in [4.78, 5) is 36.0. The maximum atomic E-state index is 12.4. The molecule has 3 aromatic rings. The highest BCUT2D eigenvalue weighted by molar-refractivity contribution is 6.41. The van der Waals surface area contributed by atoms with Crippen LogP contribution in [0.15, 0.2) is 59.5 Å². The number of halogens is 2. The first-order valence-corrected chi connectivity index (χ1v) is 8.38. The lowest BCUT2D eigenvalue weighted by atomic mass is 10.1. The number of carbonyl (C=O) groups is 2. The Morgan fingerprint density at radius 3 is 2.37 bits per heavy atom. The van der Waals surface area contributed by atoms with Gasteiger partial charge in [0.25, 0.3) is 17.4 Å². The van der Waals surface area contributed by atoms with Crippen LogP contribution in [0.3, 0.4) is 0 Å². The maximum Gasteiger partial charge on any atom is 0.291 e. The van der Waals surface area contributed by atoms with Crippen molar-refractivity contribution in [3.8, 4) is 5.69 Å². The van der Waals surface area contributed by atoms with Crippen molar-refractivity contribution in [3.63, 3.8) is 0 Å². The van der Waals surface area contributed by atoms with Crippen molar-refractivity contribution < 1.29 is 9.59 Å². The van der Waals surface area contributed by atoms with Crippen molar-refractivity contribution in [2.24, 2.45) is 5.73 Å². The number of carbonyl (C=O) groups excluding carboxylic acids is 2. The molecule has 0 spiro atoms. The minimum Gasteiger partial charge on any atom is -0.366 e. The first-order valence-electron chi connectivity index (χ1n) is 7.62. The summed E-state index contributed by atoms with van der Waals surface area (Å²) in [6.07, 6.45) is 1.26. The van der Waals surface area contributed by atoms with Crippen LogP contribution in [0.2, 0.25) is 10.0 Å². The monoisotopic (exact) mass is 402 g/mol. The number of nitrogens with zero attached hydrogens (tertiary/aromatic N) is 2. The highest BCUT2D eigenvalue weighted by Crippen LogP contribution is 2.18. The molecule has 1 aromatic heterocycles. The lowest BCUT2D eigenvalue weighted by Gasteiger charge is -2.10. The molecule has 9 heteroatoms. The number of amides is 2. The quantitative estimate of drug-likeness (QED) is 0.699. The second kappa shape index (κ2) is 7.61. The number of nitrogens with two attached hydrogens (primary N) is 1. The number of aromatic nitrogens is 2. The van der Waals surface area contributed by atoms with Gasteiger partial charge in [0.15, 0.2) is 0 Å². The molecule has 0 bridgehead atoms. The number of rotatable bonds is 4. The minimum atomic E-state index is -0.647. The molecular weight excluding hydrogens is 391 g/mol. The van der Waals surface area contributed by atoms with Crippen molar-refractivity contribution in [2.45, 2.75) is 0 Å². The van der Waals surface area contributed by atoms with Crippen molar-refractivity contribution in [3.05, 3.63) is 86.3 Å². The molecule has 7 nitrogen and oxygen atoms in total. The normalized spacial score (nSPS) is 10.4. The minimum absolute atomic E-state index is 0.0574. The van der Waals surface area contributed by atoms with E-state index >= 15 is 0 Å². The molecule has 0 fully saturated rings. The van der Waals surface area contributed by atoms with E-state index < -0.39 is 17.4 Å². The summed E-state index contributed by atoms with van der Waals surface area (Å²) in [5, 5.41) is 6.47. The standard InChI is InChI=1S/C18H12Cl2N4O3/c19-13-9-22-24(18(27)15(13)20)11-7-5-10(6-8-11)17(26)23-14-4-2-1-3-12(14)16(21)25/h1-9H,(H2,21,25)(H,23,26). The summed E-state index contributed by atoms with van der Waals surface area (Å²) >= 11 is 11.6. The molecule has 136 valence electrons. The Hall–Kier alpha value is -3.16. The van der Waals surface area contributed by atoms with E-state index in [0.717, 1.165) is 4.68 Å². The summed E-state index contributed by atoms with van der Waals surface area (Å²) in [6.45, 7) is 0. The molecule has 0 aliphatic rings. The van der Waals surface area contributed by atoms with E-state index in [9.17, 15) is 14.4 Å². The Morgan fingerprint density at radius 2 is 1.70 bits per heavy atom. The third-order valence-electron chi connectivity index (χ3n) is 3.69. The molecule has 3 N–H and O–H groups in total. The zero-order valence-corrected chi connectivity index (χ0v) is 15.2. The first-order chi connectivity index (χ1) is 12.9. The van der Waals surface area contributed by atoms with Gasteiger partial charge in [0.2, 0.25) is 0 Å². The Morgan fingerprint density at radius 1 is 1.04 bits per heavy atom. The summed E-state index contributed by atoms with van der Waals surface area (Å²) < 4.78 is 1.07. The van der Waals surface area contributed by atoms with E-state index in [1.807, 2.05) is 0 Å². The fourth-order valence-corrected chi connectivity index (χ4v) is 2.61. The van der Waals surface area contributed by atoms with Crippen LogP contribution in [0.4, 0.5) is 5.69 Å². The van der Waals surface area contributed by atoms with Gasteiger partial charge >= 0.3 is 0 Å². The van der Waals surface area contributed by atoms with Gasteiger partial charge in [-0.2, -0.15) is 9.78 Å². The Bertz CT molecular complexity index is 1090. The molecule has 2 amide bonds. The number of anilines is 1. The number of primary amides is 1. The molecule has 3 rings (SSSR count). The zero-order valence-electron chi connectivity index (χ0n) is 13.6. The van der Waals surface area contributed by atoms with Gasteiger partial charge in [-0.25, -0.2) is 0 Å². The summed E-state index contributed by atoms with van der Waals surface area (Å²) in [6, 6.07) is 12.5. The third kappa shape index (κ3) is 3.84. The van der Waals surface area contributed by atoms with Crippen LogP contribution in [0.5, 0.6) is 0 Å². The fraction of sp³-hybridized carbons (Fsp3) is 0. The number of benzene rings is 2. The van der Waals surface area contributed by atoms with Crippen molar-refractivity contribution in [2.75, 3.05) is 5.32 Å². The maximum absolute atomic E-state index is 12.4. The second-order valence-electron chi connectivity index (χ2n) is 5.43. The van der Waals surface area contributed by atoms with Crippen molar-refractivity contribution >= 4 is 40.7 Å². The molecular formula is C18H12Cl2N4O3. The molecule has 0 radical (unpaired) electrons. The molecule has 0 unspecified atom stereocenters. The highest BCUT2D eigenvalue weighted by Gasteiger charge is 2.13. The third-order valence-corrected chi connectivity index (χ3v) is 4.44. The number of hydrogen-bond acceptors (Lipinski definition) is 4. The van der Waals surface area contributed by atoms with Gasteiger partial charge < -0.3 is 11.1 Å². The predicted molar refractivity (Wildman–Crippen MR) is 103 cm³/mol. The van der Waals surface area contributed by atoms with Crippen LogP contribution in [0, 0.1) is 0 Å². The Labute approximate surface area is 163 Å². The molecule has 2 aromatic carbocycles. The van der Waals surface area contributed by atoms with Crippen LogP contribution < -0.4 is 16.6 Å². The van der Waals surface area contributed by atoms with Gasteiger partial charge in [0.1, 0.15) is 5.02 Å². The van der Waals surface area contributed by atoms with Crippen LogP contribution in [-0.4, -0.2) is 21.6 Å². The smallest absolute Gasteiger partial charge is 0.291 e. The van der Waals surface area contributed by atoms with Crippen LogP contribution in [0.25, 0.3) is 5.69 Å². The summed E-state index contributed by atoms with van der Waals surface area (Å²) in [7, 11) is 0. The van der Waals surface area contributed by atoms with Crippen LogP contribution >= 0.6 is 23.2 Å². The summed E-state index contributed by atoms with van der Waals surface area (Å²) in [5.74, 6) is -1.09. The number of hydrogen-bond donors (Lipinski definition) is 2. The van der Waals surface area contributed by atoms with E-state index in [1.54, 1.807) is 18.2 Å². The van der Waals surface area contributed by atoms with Crippen molar-refractivity contribution in [1.29, 1.82) is 0 Å². The fourth-order valence-electron chi connectivity index (χ4n) is 2.35. The molecule has 0 aliphatic heterocycles. The highest BCUT2D eigenvalue weighted by atomic mass is 35.5. The van der Waals surface area contributed by atoms with Gasteiger partial charge in [-0.3, -0.25) is 14.4 Å². The Balaban J connectivity index is 1.86. The van der Waals surface area contributed by atoms with E-state index in [0.29, 0.717) is 16.9 Å². The Kier molecular flexibility index (Phi) is 5.25. The first kappa shape index (κ1) is 18.6. The number of para-hydroxylation sites is 1. The summed E-state index contributed by atoms with van der Waals surface area (Å²) in [5.41, 5.74) is 5.96. The van der Waals surface area contributed by atoms with Crippen LogP contribution in [0.1, 0.15) is 20.7 Å². The predicted octanol–water partition coefficient (Wildman–Crippen LogP) is 2.89. The SMILES string of the molecule is NC(=O)c1ccccc1NC(=O)c1ccc(-n2ncc(Cl)c(Cl)c2=O)cc1. The molecule has 27 heavy (non-hydrogen) atoms. The topological polar surface area (TPSA) is 107 Å². The molecule has 1 heterocycles. The molecule has 0 saturated heterocycles. The molecule has 0 atom stereocenters. The lowest BCUT2D eigenvalue weighted by molar-refractivity contribution is 0.100. The second-order valence-corrected chi connectivity index (χ2v) is 6.22. The average molecular weight is 403 g/mol. The van der Waals surface area contributed by atoms with E-state index in [1.165, 1.54) is 36.5 Å². The van der Waals surface area contributed by atoms with E-state index in [4.69, 9.17) is 28.9 Å². The van der Waals surface area contributed by atoms with Gasteiger partial charge in [-0.05, 0) is 36.4 Å². The van der Waals surface area contributed by atoms with E-state index in [-0.39, 0.29) is 15.6 Å². The van der Waals surface area contributed by atoms with Gasteiger partial charge in [-0.15, -0.1) is 0 Å². The van der Waals surface area contributed by atoms with Crippen molar-refractivity contribution in [1.82, 2.24) is 9.78 Å².